The zero-order valence-electron chi connectivity index (χ0n) is 9.64. The molecule has 1 unspecified atom stereocenters. The number of halogens is 1. The van der Waals surface area contributed by atoms with Gasteiger partial charge in [-0.2, -0.15) is 0 Å². The lowest BCUT2D eigenvalue weighted by Gasteiger charge is -2.13. The summed E-state index contributed by atoms with van der Waals surface area (Å²) < 4.78 is 4.76. The Bertz CT molecular complexity index is 464. The van der Waals surface area contributed by atoms with Crippen LogP contribution in [0.2, 0.25) is 5.02 Å². The molecular formula is C11H13ClN2O4. The summed E-state index contributed by atoms with van der Waals surface area (Å²) in [4.78, 5) is 21.7. The average Bonchev–Trinajstić information content (AvgIpc) is 2.28. The Balaban J connectivity index is 2.72. The number of nitrogens with one attached hydrogen (secondary N) is 1. The fourth-order valence-corrected chi connectivity index (χ4v) is 1.58. The van der Waals surface area contributed by atoms with Crippen LogP contribution in [-0.4, -0.2) is 36.7 Å². The maximum absolute atomic E-state index is 11.0. The van der Waals surface area contributed by atoms with Gasteiger partial charge in [-0.15, -0.1) is 0 Å². The number of methoxy groups -OCH3 is 1. The van der Waals surface area contributed by atoms with Crippen molar-refractivity contribution in [2.24, 2.45) is 5.73 Å². The van der Waals surface area contributed by atoms with E-state index >= 15 is 0 Å². The Labute approximate surface area is 109 Å². The third-order valence-electron chi connectivity index (χ3n) is 2.29. The minimum atomic E-state index is -1.06. The number of ether oxygens (including phenoxy) is 1. The number of amides is 1. The highest BCUT2D eigenvalue weighted by molar-refractivity contribution is 6.34. The van der Waals surface area contributed by atoms with Crippen LogP contribution in [0.15, 0.2) is 18.2 Å². The highest BCUT2D eigenvalue weighted by Crippen LogP contribution is 2.20. The van der Waals surface area contributed by atoms with Crippen molar-refractivity contribution in [2.75, 3.05) is 19.0 Å². The molecule has 0 radical (unpaired) electrons. The molecule has 0 saturated carbocycles. The van der Waals surface area contributed by atoms with Crippen LogP contribution in [0.3, 0.4) is 0 Å². The molecule has 6 nitrogen and oxygen atoms in total. The normalized spacial score (nSPS) is 11.9. The molecule has 4 N–H and O–H groups in total. The van der Waals surface area contributed by atoms with Crippen LogP contribution in [0.25, 0.3) is 0 Å². The Hall–Kier alpha value is -1.79. The second-order valence-corrected chi connectivity index (χ2v) is 3.91. The Morgan fingerprint density at radius 2 is 2.22 bits per heavy atom. The third-order valence-corrected chi connectivity index (χ3v) is 2.60. The van der Waals surface area contributed by atoms with Crippen molar-refractivity contribution in [3.63, 3.8) is 0 Å². The summed E-state index contributed by atoms with van der Waals surface area (Å²) >= 11 is 5.85. The van der Waals surface area contributed by atoms with E-state index in [2.05, 4.69) is 5.32 Å². The minimum absolute atomic E-state index is 0.0814. The molecule has 0 bridgehead atoms. The Morgan fingerprint density at radius 3 is 2.67 bits per heavy atom. The largest absolute Gasteiger partial charge is 0.479 e. The van der Waals surface area contributed by atoms with E-state index in [-0.39, 0.29) is 17.1 Å². The molecule has 0 aliphatic rings. The van der Waals surface area contributed by atoms with Gasteiger partial charge < -0.3 is 20.9 Å². The number of carboxylic acids is 1. The van der Waals surface area contributed by atoms with E-state index in [4.69, 9.17) is 27.2 Å². The van der Waals surface area contributed by atoms with Crippen LogP contribution in [0, 0.1) is 0 Å². The lowest BCUT2D eigenvalue weighted by atomic mass is 10.2. The van der Waals surface area contributed by atoms with E-state index in [9.17, 15) is 9.59 Å². The molecule has 18 heavy (non-hydrogen) atoms. The number of hydrogen-bond donors (Lipinski definition) is 3. The summed E-state index contributed by atoms with van der Waals surface area (Å²) in [5.74, 6) is -1.68. The van der Waals surface area contributed by atoms with Gasteiger partial charge in [-0.3, -0.25) is 4.79 Å². The van der Waals surface area contributed by atoms with Gasteiger partial charge in [-0.05, 0) is 18.2 Å². The molecule has 1 amide bonds. The zero-order valence-corrected chi connectivity index (χ0v) is 10.4. The molecule has 0 aliphatic carbocycles. The van der Waals surface area contributed by atoms with Crippen LogP contribution in [0.5, 0.6) is 0 Å². The van der Waals surface area contributed by atoms with Crippen molar-refractivity contribution >= 4 is 29.2 Å². The molecule has 0 heterocycles. The zero-order chi connectivity index (χ0) is 13.7. The molecule has 1 atom stereocenters. The lowest BCUT2D eigenvalue weighted by molar-refractivity contribution is -0.147. The molecular weight excluding hydrogens is 260 g/mol. The maximum Gasteiger partial charge on any atom is 0.334 e. The monoisotopic (exact) mass is 272 g/mol. The summed E-state index contributed by atoms with van der Waals surface area (Å²) in [7, 11) is 1.31. The van der Waals surface area contributed by atoms with Crippen LogP contribution in [0.1, 0.15) is 10.4 Å². The number of carbonyl (C=O) groups excluding carboxylic acids is 1. The van der Waals surface area contributed by atoms with E-state index in [0.717, 1.165) is 0 Å². The first-order chi connectivity index (χ1) is 8.45. The predicted molar refractivity (Wildman–Crippen MR) is 66.9 cm³/mol. The molecule has 0 saturated heterocycles. The quantitative estimate of drug-likeness (QED) is 0.716. The van der Waals surface area contributed by atoms with Gasteiger partial charge in [0.25, 0.3) is 0 Å². The van der Waals surface area contributed by atoms with Crippen molar-refractivity contribution in [2.45, 2.75) is 6.10 Å². The molecule has 1 aromatic rings. The summed E-state index contributed by atoms with van der Waals surface area (Å²) in [5, 5.41) is 11.8. The topological polar surface area (TPSA) is 102 Å². The molecule has 0 aliphatic heterocycles. The number of carbonyl (C=O) groups is 2. The Morgan fingerprint density at radius 1 is 1.56 bits per heavy atom. The van der Waals surface area contributed by atoms with Gasteiger partial charge in [0.2, 0.25) is 5.91 Å². The number of carboxylic acid groups (broad SMARTS) is 1. The van der Waals surface area contributed by atoms with Crippen molar-refractivity contribution in [1.29, 1.82) is 0 Å². The molecule has 98 valence electrons. The van der Waals surface area contributed by atoms with Crippen LogP contribution >= 0.6 is 11.6 Å². The van der Waals surface area contributed by atoms with Gasteiger partial charge in [0.15, 0.2) is 6.10 Å². The first-order valence-corrected chi connectivity index (χ1v) is 5.42. The molecule has 0 fully saturated rings. The van der Waals surface area contributed by atoms with Crippen molar-refractivity contribution in [3.05, 3.63) is 28.8 Å². The van der Waals surface area contributed by atoms with Crippen molar-refractivity contribution in [1.82, 2.24) is 0 Å². The summed E-state index contributed by atoms with van der Waals surface area (Å²) in [6.45, 7) is 0.0814. The van der Waals surface area contributed by atoms with Crippen LogP contribution in [0.4, 0.5) is 5.69 Å². The van der Waals surface area contributed by atoms with Gasteiger partial charge in [0.1, 0.15) is 0 Å². The summed E-state index contributed by atoms with van der Waals surface area (Å²) in [5.41, 5.74) is 5.90. The molecule has 1 rings (SSSR count). The second-order valence-electron chi connectivity index (χ2n) is 3.50. The van der Waals surface area contributed by atoms with Gasteiger partial charge in [-0.25, -0.2) is 4.79 Å². The first-order valence-electron chi connectivity index (χ1n) is 5.04. The SMILES string of the molecule is COC(CNc1ccc(C(N)=O)c(Cl)c1)C(=O)O. The van der Waals surface area contributed by atoms with E-state index in [1.54, 1.807) is 6.07 Å². The summed E-state index contributed by atoms with van der Waals surface area (Å²) in [6.07, 6.45) is -0.959. The lowest BCUT2D eigenvalue weighted by Crippen LogP contribution is -2.30. The summed E-state index contributed by atoms with van der Waals surface area (Å²) in [6, 6.07) is 4.55. The van der Waals surface area contributed by atoms with Crippen molar-refractivity contribution < 1.29 is 19.4 Å². The van der Waals surface area contributed by atoms with Crippen LogP contribution < -0.4 is 11.1 Å². The molecule has 7 heteroatoms. The Kier molecular flexibility index (Phi) is 4.94. The highest BCUT2D eigenvalue weighted by atomic mass is 35.5. The standard InChI is InChI=1S/C11H13ClN2O4/c1-18-9(11(16)17)5-14-6-2-3-7(10(13)15)8(12)4-6/h2-4,9,14H,5H2,1H3,(H2,13,15)(H,16,17). The molecule has 1 aromatic carbocycles. The fraction of sp³-hybridized carbons (Fsp3) is 0.273. The second kappa shape index (κ2) is 6.23. The van der Waals surface area contributed by atoms with E-state index < -0.39 is 18.0 Å². The van der Waals surface area contributed by atoms with Gasteiger partial charge >= 0.3 is 5.97 Å². The first kappa shape index (κ1) is 14.3. The number of aliphatic carboxylic acids is 1. The fourth-order valence-electron chi connectivity index (χ4n) is 1.31. The van der Waals surface area contributed by atoms with Gasteiger partial charge in [0, 0.05) is 12.8 Å². The number of nitrogens with two attached hydrogens (primary N) is 1. The molecule has 0 aromatic heterocycles. The highest BCUT2D eigenvalue weighted by Gasteiger charge is 2.16. The van der Waals surface area contributed by atoms with E-state index in [1.807, 2.05) is 0 Å². The maximum atomic E-state index is 11.0. The van der Waals surface area contributed by atoms with Crippen molar-refractivity contribution in [3.8, 4) is 0 Å². The van der Waals surface area contributed by atoms with E-state index in [0.29, 0.717) is 5.69 Å². The number of benzene rings is 1. The third kappa shape index (κ3) is 3.61. The van der Waals surface area contributed by atoms with E-state index in [1.165, 1.54) is 19.2 Å². The average molecular weight is 273 g/mol. The van der Waals surface area contributed by atoms with Gasteiger partial charge in [-0.1, -0.05) is 11.6 Å². The number of rotatable bonds is 6. The number of primary amides is 1. The number of anilines is 1. The van der Waals surface area contributed by atoms with Gasteiger partial charge in [0.05, 0.1) is 17.1 Å². The number of hydrogen-bond acceptors (Lipinski definition) is 4. The minimum Gasteiger partial charge on any atom is -0.479 e. The molecule has 0 spiro atoms. The predicted octanol–water partition coefficient (Wildman–Crippen LogP) is 0.950. The smallest absolute Gasteiger partial charge is 0.334 e. The van der Waals surface area contributed by atoms with Crippen LogP contribution in [-0.2, 0) is 9.53 Å².